The molecule has 0 saturated heterocycles. The third-order valence-corrected chi connectivity index (χ3v) is 4.38. The Hall–Kier alpha value is -2.19. The molecule has 2 heterocycles. The summed E-state index contributed by atoms with van der Waals surface area (Å²) in [6, 6.07) is 18.3. The minimum absolute atomic E-state index is 0.141. The van der Waals surface area contributed by atoms with Gasteiger partial charge in [0.2, 0.25) is 0 Å². The number of benzene rings is 2. The molecule has 2 atom stereocenters. The van der Waals surface area contributed by atoms with Crippen LogP contribution in [-0.2, 0) is 0 Å². The van der Waals surface area contributed by atoms with Crippen LogP contribution in [0.1, 0.15) is 27.5 Å². The number of rotatable bonds is 1. The minimum Gasteiger partial charge on any atom is -0.292 e. The molecule has 0 spiro atoms. The molecule has 2 aromatic rings. The Morgan fingerprint density at radius 2 is 1.65 bits per heavy atom. The third-order valence-electron chi connectivity index (χ3n) is 4.38. The normalized spacial score (nSPS) is 24.4. The highest BCUT2D eigenvalue weighted by Gasteiger charge is 2.43. The molecule has 2 aromatic carbocycles. The largest absolute Gasteiger partial charge is 0.292 e. The van der Waals surface area contributed by atoms with E-state index < -0.39 is 0 Å². The summed E-state index contributed by atoms with van der Waals surface area (Å²) in [4.78, 5) is 15.0. The zero-order chi connectivity index (χ0) is 13.7. The molecule has 0 saturated carbocycles. The minimum atomic E-state index is -0.141. The molecule has 0 unspecified atom stereocenters. The van der Waals surface area contributed by atoms with Gasteiger partial charge in [0.15, 0.2) is 5.78 Å². The van der Waals surface area contributed by atoms with Crippen LogP contribution in [0.15, 0.2) is 60.7 Å². The molecule has 98 valence electrons. The maximum atomic E-state index is 12.8. The second kappa shape index (κ2) is 4.15. The fourth-order valence-corrected chi connectivity index (χ4v) is 3.41. The van der Waals surface area contributed by atoms with E-state index in [-0.39, 0.29) is 17.9 Å². The lowest BCUT2D eigenvalue weighted by Crippen LogP contribution is -2.41. The Labute approximate surface area is 118 Å². The molecule has 2 aliphatic rings. The maximum absolute atomic E-state index is 12.8. The zero-order valence-corrected chi connectivity index (χ0v) is 11.3. The van der Waals surface area contributed by atoms with Crippen molar-refractivity contribution in [3.05, 3.63) is 77.4 Å². The number of likely N-dealkylation sites (N-methyl/N-ethyl adjacent to an activating group) is 1. The van der Waals surface area contributed by atoms with Crippen molar-refractivity contribution in [2.45, 2.75) is 12.1 Å². The number of carbonyl (C=O) groups excluding carboxylic acids is 1. The lowest BCUT2D eigenvalue weighted by molar-refractivity contribution is 0.0867. The number of hydrogen-bond acceptors (Lipinski definition) is 2. The second-order valence-electron chi connectivity index (χ2n) is 5.45. The van der Waals surface area contributed by atoms with Gasteiger partial charge in [0.05, 0.1) is 12.1 Å². The first-order chi connectivity index (χ1) is 9.77. The van der Waals surface area contributed by atoms with E-state index in [1.54, 1.807) is 0 Å². The first-order valence-electron chi connectivity index (χ1n) is 6.89. The van der Waals surface area contributed by atoms with Crippen LogP contribution in [0.3, 0.4) is 0 Å². The Morgan fingerprint density at radius 3 is 2.45 bits per heavy atom. The summed E-state index contributed by atoms with van der Waals surface area (Å²) < 4.78 is 0. The number of hydrogen-bond donors (Lipinski definition) is 0. The van der Waals surface area contributed by atoms with Gasteiger partial charge < -0.3 is 0 Å². The highest BCUT2D eigenvalue weighted by atomic mass is 16.1. The van der Waals surface area contributed by atoms with E-state index in [2.05, 4.69) is 29.2 Å². The van der Waals surface area contributed by atoms with Crippen LogP contribution < -0.4 is 0 Å². The van der Waals surface area contributed by atoms with E-state index in [0.29, 0.717) is 0 Å². The van der Waals surface area contributed by atoms with Crippen molar-refractivity contribution >= 4 is 11.4 Å². The molecule has 0 fully saturated rings. The second-order valence-corrected chi connectivity index (χ2v) is 5.45. The summed E-state index contributed by atoms with van der Waals surface area (Å²) in [5.74, 6) is 0.215. The van der Waals surface area contributed by atoms with Gasteiger partial charge in [-0.05, 0) is 23.7 Å². The average molecular weight is 261 g/mol. The van der Waals surface area contributed by atoms with Crippen LogP contribution in [0.4, 0.5) is 0 Å². The number of ketones is 1. The molecular formula is C18H15NO. The van der Waals surface area contributed by atoms with Crippen LogP contribution in [-0.4, -0.2) is 23.8 Å². The molecule has 4 rings (SSSR count). The molecule has 20 heavy (non-hydrogen) atoms. The topological polar surface area (TPSA) is 20.3 Å². The van der Waals surface area contributed by atoms with E-state index in [0.717, 1.165) is 22.3 Å². The van der Waals surface area contributed by atoms with E-state index in [9.17, 15) is 4.79 Å². The van der Waals surface area contributed by atoms with E-state index in [4.69, 9.17) is 0 Å². The summed E-state index contributed by atoms with van der Waals surface area (Å²) in [7, 11) is 2.04. The molecule has 0 radical (unpaired) electrons. The highest BCUT2D eigenvalue weighted by molar-refractivity contribution is 6.11. The molecule has 2 bridgehead atoms. The SMILES string of the molecule is CN1[C@H]2C(=O)c3ccccc3[C@@H]1C=C2c1ccccc1. The maximum Gasteiger partial charge on any atom is 0.184 e. The first-order valence-corrected chi connectivity index (χ1v) is 6.89. The highest BCUT2D eigenvalue weighted by Crippen LogP contribution is 2.44. The lowest BCUT2D eigenvalue weighted by Gasteiger charge is -2.33. The number of nitrogens with zero attached hydrogens (tertiary/aromatic N) is 1. The van der Waals surface area contributed by atoms with Crippen molar-refractivity contribution in [3.63, 3.8) is 0 Å². The predicted molar refractivity (Wildman–Crippen MR) is 79.5 cm³/mol. The van der Waals surface area contributed by atoms with Crippen LogP contribution in [0, 0.1) is 0 Å². The molecule has 0 N–H and O–H groups in total. The summed E-state index contributed by atoms with van der Waals surface area (Å²) >= 11 is 0. The summed E-state index contributed by atoms with van der Waals surface area (Å²) in [5.41, 5.74) is 4.29. The van der Waals surface area contributed by atoms with Gasteiger partial charge in [-0.3, -0.25) is 9.69 Å². The fourth-order valence-electron chi connectivity index (χ4n) is 3.41. The Bertz CT molecular complexity index is 717. The van der Waals surface area contributed by atoms with E-state index >= 15 is 0 Å². The van der Waals surface area contributed by atoms with Gasteiger partial charge >= 0.3 is 0 Å². The van der Waals surface area contributed by atoms with Crippen molar-refractivity contribution in [2.75, 3.05) is 7.05 Å². The molecule has 2 heteroatoms. The Balaban J connectivity index is 1.89. The van der Waals surface area contributed by atoms with Crippen molar-refractivity contribution in [1.82, 2.24) is 4.90 Å². The van der Waals surface area contributed by atoms with Gasteiger partial charge in [0, 0.05) is 5.56 Å². The van der Waals surface area contributed by atoms with Crippen molar-refractivity contribution in [1.29, 1.82) is 0 Å². The van der Waals surface area contributed by atoms with Crippen LogP contribution in [0.5, 0.6) is 0 Å². The van der Waals surface area contributed by atoms with E-state index in [1.165, 1.54) is 0 Å². The van der Waals surface area contributed by atoms with Gasteiger partial charge in [0.25, 0.3) is 0 Å². The molecular weight excluding hydrogens is 246 g/mol. The van der Waals surface area contributed by atoms with E-state index in [1.807, 2.05) is 43.4 Å². The summed E-state index contributed by atoms with van der Waals surface area (Å²) in [6.45, 7) is 0. The third kappa shape index (κ3) is 1.46. The summed E-state index contributed by atoms with van der Waals surface area (Å²) in [5, 5.41) is 0. The Morgan fingerprint density at radius 1 is 0.950 bits per heavy atom. The fraction of sp³-hybridized carbons (Fsp3) is 0.167. The molecule has 0 aromatic heterocycles. The quantitative estimate of drug-likeness (QED) is 0.785. The van der Waals surface area contributed by atoms with Gasteiger partial charge in [-0.1, -0.05) is 60.7 Å². The first kappa shape index (κ1) is 11.6. The van der Waals surface area contributed by atoms with Gasteiger partial charge in [-0.15, -0.1) is 0 Å². The van der Waals surface area contributed by atoms with Crippen molar-refractivity contribution in [2.24, 2.45) is 0 Å². The van der Waals surface area contributed by atoms with Crippen LogP contribution in [0.25, 0.3) is 5.57 Å². The smallest absolute Gasteiger partial charge is 0.184 e. The molecule has 2 aliphatic heterocycles. The molecule has 0 aliphatic carbocycles. The van der Waals surface area contributed by atoms with Crippen molar-refractivity contribution in [3.8, 4) is 0 Å². The monoisotopic (exact) mass is 261 g/mol. The molecule has 0 amide bonds. The molecule has 2 nitrogen and oxygen atoms in total. The number of Topliss-reactive ketones (excluding diaryl/α,β-unsaturated/α-hetero) is 1. The zero-order valence-electron chi connectivity index (χ0n) is 11.3. The number of fused-ring (bicyclic) bond motifs is 4. The number of carbonyl (C=O) groups is 1. The van der Waals surface area contributed by atoms with Gasteiger partial charge in [0.1, 0.15) is 0 Å². The summed E-state index contributed by atoms with van der Waals surface area (Å²) in [6.07, 6.45) is 2.24. The van der Waals surface area contributed by atoms with Crippen LogP contribution in [0.2, 0.25) is 0 Å². The van der Waals surface area contributed by atoms with Crippen molar-refractivity contribution < 1.29 is 4.79 Å². The standard InChI is InChI=1S/C18H15NO/c1-19-16-11-15(12-7-3-2-4-8-12)17(19)18(20)14-10-6-5-9-13(14)16/h2-11,16-17H,1H3/t16-,17+/m0/s1. The Kier molecular flexibility index (Phi) is 2.41. The predicted octanol–water partition coefficient (Wildman–Crippen LogP) is 3.32. The van der Waals surface area contributed by atoms with Gasteiger partial charge in [-0.25, -0.2) is 0 Å². The van der Waals surface area contributed by atoms with Crippen LogP contribution >= 0.6 is 0 Å². The lowest BCUT2D eigenvalue weighted by atomic mass is 9.89. The van der Waals surface area contributed by atoms with Gasteiger partial charge in [-0.2, -0.15) is 0 Å². The average Bonchev–Trinajstić information content (AvgIpc) is 2.77.